The van der Waals surface area contributed by atoms with Crippen molar-refractivity contribution in [1.82, 2.24) is 9.80 Å². The van der Waals surface area contributed by atoms with E-state index in [2.05, 4.69) is 22.9 Å². The molecule has 1 atom stereocenters. The summed E-state index contributed by atoms with van der Waals surface area (Å²) in [6.07, 6.45) is 2.27. The minimum Gasteiger partial charge on any atom is -0.392 e. The highest BCUT2D eigenvalue weighted by Gasteiger charge is 2.21. The first-order valence-corrected chi connectivity index (χ1v) is 8.55. The molecule has 2 heterocycles. The summed E-state index contributed by atoms with van der Waals surface area (Å²) in [7, 11) is 2.19. The normalized spacial score (nSPS) is 19.6. The van der Waals surface area contributed by atoms with E-state index in [0.717, 1.165) is 43.0 Å². The second-order valence-corrected chi connectivity index (χ2v) is 7.80. The van der Waals surface area contributed by atoms with Crippen LogP contribution in [0.5, 0.6) is 0 Å². The Morgan fingerprint density at radius 3 is 2.70 bits per heavy atom. The van der Waals surface area contributed by atoms with Crippen LogP contribution in [0.1, 0.15) is 24.6 Å². The standard InChI is InChI=1S/C15H25ClN2OS/c1-12(19)9-18-7-5-13(6-8-18)10-17(2)11-14-3-4-15(16)20-14/h3-4,12-13,19H,5-11H2,1-2H3. The number of piperidine rings is 1. The van der Waals surface area contributed by atoms with Gasteiger partial charge in [0.25, 0.3) is 0 Å². The molecule has 0 aromatic carbocycles. The van der Waals surface area contributed by atoms with Crippen molar-refractivity contribution < 1.29 is 5.11 Å². The summed E-state index contributed by atoms with van der Waals surface area (Å²) < 4.78 is 0.875. The average Bonchev–Trinajstić information content (AvgIpc) is 2.76. The second-order valence-electron chi connectivity index (χ2n) is 6.00. The Kier molecular flexibility index (Phi) is 6.30. The quantitative estimate of drug-likeness (QED) is 0.874. The Morgan fingerprint density at radius 2 is 2.15 bits per heavy atom. The van der Waals surface area contributed by atoms with Gasteiger partial charge in [0.05, 0.1) is 10.4 Å². The SMILES string of the molecule is CC(O)CN1CCC(CN(C)Cc2ccc(Cl)s2)CC1. The summed E-state index contributed by atoms with van der Waals surface area (Å²) in [5.74, 6) is 0.778. The van der Waals surface area contributed by atoms with E-state index in [1.165, 1.54) is 17.7 Å². The third-order valence-electron chi connectivity index (χ3n) is 3.85. The minimum atomic E-state index is -0.210. The monoisotopic (exact) mass is 316 g/mol. The van der Waals surface area contributed by atoms with E-state index in [1.807, 2.05) is 13.0 Å². The molecule has 1 aromatic heterocycles. The summed E-state index contributed by atoms with van der Waals surface area (Å²) in [4.78, 5) is 6.11. The number of hydrogen-bond donors (Lipinski definition) is 1. The van der Waals surface area contributed by atoms with Crippen LogP contribution < -0.4 is 0 Å². The van der Waals surface area contributed by atoms with Gasteiger partial charge in [0.2, 0.25) is 0 Å². The van der Waals surface area contributed by atoms with Crippen LogP contribution in [0.2, 0.25) is 4.34 Å². The van der Waals surface area contributed by atoms with E-state index >= 15 is 0 Å². The van der Waals surface area contributed by atoms with Gasteiger partial charge in [0.15, 0.2) is 0 Å². The van der Waals surface area contributed by atoms with Gasteiger partial charge in [-0.15, -0.1) is 11.3 Å². The van der Waals surface area contributed by atoms with E-state index in [-0.39, 0.29) is 6.10 Å². The van der Waals surface area contributed by atoms with Crippen LogP contribution in [0.25, 0.3) is 0 Å². The first-order valence-electron chi connectivity index (χ1n) is 7.36. The molecular weight excluding hydrogens is 292 g/mol. The lowest BCUT2D eigenvalue weighted by Gasteiger charge is -2.34. The van der Waals surface area contributed by atoms with Crippen LogP contribution >= 0.6 is 22.9 Å². The van der Waals surface area contributed by atoms with Crippen molar-refractivity contribution in [2.45, 2.75) is 32.4 Å². The molecule has 5 heteroatoms. The first kappa shape index (κ1) is 16.2. The number of rotatable bonds is 6. The van der Waals surface area contributed by atoms with Crippen LogP contribution in [-0.4, -0.2) is 54.2 Å². The van der Waals surface area contributed by atoms with Crippen LogP contribution in [-0.2, 0) is 6.54 Å². The molecule has 0 aliphatic carbocycles. The zero-order valence-corrected chi connectivity index (χ0v) is 14.0. The number of halogens is 1. The fraction of sp³-hybridized carbons (Fsp3) is 0.733. The molecule has 1 aromatic rings. The van der Waals surface area contributed by atoms with Gasteiger partial charge in [-0.25, -0.2) is 0 Å². The predicted molar refractivity (Wildman–Crippen MR) is 86.5 cm³/mol. The number of aliphatic hydroxyl groups is 1. The number of thiophene rings is 1. The molecule has 1 aliphatic rings. The van der Waals surface area contributed by atoms with Gasteiger partial charge in [-0.2, -0.15) is 0 Å². The molecule has 0 bridgehead atoms. The highest BCUT2D eigenvalue weighted by atomic mass is 35.5. The molecule has 1 unspecified atom stereocenters. The van der Waals surface area contributed by atoms with Gasteiger partial charge in [0, 0.05) is 24.5 Å². The largest absolute Gasteiger partial charge is 0.392 e. The lowest BCUT2D eigenvalue weighted by molar-refractivity contribution is 0.0920. The highest BCUT2D eigenvalue weighted by Crippen LogP contribution is 2.24. The van der Waals surface area contributed by atoms with Gasteiger partial charge in [-0.3, -0.25) is 0 Å². The summed E-state index contributed by atoms with van der Waals surface area (Å²) in [5, 5.41) is 9.42. The van der Waals surface area contributed by atoms with Gasteiger partial charge in [-0.1, -0.05) is 11.6 Å². The maximum atomic E-state index is 9.42. The minimum absolute atomic E-state index is 0.210. The maximum Gasteiger partial charge on any atom is 0.0931 e. The van der Waals surface area contributed by atoms with Gasteiger partial charge < -0.3 is 14.9 Å². The van der Waals surface area contributed by atoms with Crippen LogP contribution in [0.4, 0.5) is 0 Å². The van der Waals surface area contributed by atoms with Gasteiger partial charge in [-0.05, 0) is 58.0 Å². The Morgan fingerprint density at radius 1 is 1.45 bits per heavy atom. The van der Waals surface area contributed by atoms with E-state index in [1.54, 1.807) is 11.3 Å². The Labute approximate surface area is 131 Å². The smallest absolute Gasteiger partial charge is 0.0931 e. The average molecular weight is 317 g/mol. The third kappa shape index (κ3) is 5.34. The second kappa shape index (κ2) is 7.76. The fourth-order valence-corrected chi connectivity index (χ4v) is 4.10. The summed E-state index contributed by atoms with van der Waals surface area (Å²) in [6.45, 7) is 7.06. The molecule has 20 heavy (non-hydrogen) atoms. The number of hydrogen-bond acceptors (Lipinski definition) is 4. The van der Waals surface area contributed by atoms with E-state index in [9.17, 15) is 5.11 Å². The molecule has 1 N–H and O–H groups in total. The van der Waals surface area contributed by atoms with Crippen molar-refractivity contribution in [1.29, 1.82) is 0 Å². The maximum absolute atomic E-state index is 9.42. The van der Waals surface area contributed by atoms with Gasteiger partial charge in [0.1, 0.15) is 0 Å². The zero-order chi connectivity index (χ0) is 14.5. The van der Waals surface area contributed by atoms with Crippen molar-refractivity contribution in [3.05, 3.63) is 21.3 Å². The Bertz CT molecular complexity index is 402. The molecule has 1 aliphatic heterocycles. The molecule has 1 fully saturated rings. The Balaban J connectivity index is 1.69. The fourth-order valence-electron chi connectivity index (χ4n) is 2.93. The number of β-amino-alcohol motifs (C(OH)–C–C–N with tert-alkyl or cyclic N) is 1. The van der Waals surface area contributed by atoms with Crippen molar-refractivity contribution >= 4 is 22.9 Å². The van der Waals surface area contributed by atoms with Crippen LogP contribution in [0.3, 0.4) is 0 Å². The van der Waals surface area contributed by atoms with Crippen molar-refractivity contribution in [2.24, 2.45) is 5.92 Å². The molecular formula is C15H25ClN2OS. The Hall–Kier alpha value is -0.130. The lowest BCUT2D eigenvalue weighted by Crippen LogP contribution is -2.40. The number of aliphatic hydroxyl groups excluding tert-OH is 1. The van der Waals surface area contributed by atoms with Crippen molar-refractivity contribution in [3.8, 4) is 0 Å². The molecule has 1 saturated heterocycles. The van der Waals surface area contributed by atoms with E-state index in [0.29, 0.717) is 0 Å². The first-order chi connectivity index (χ1) is 9.52. The topological polar surface area (TPSA) is 26.7 Å². The highest BCUT2D eigenvalue weighted by molar-refractivity contribution is 7.16. The molecule has 2 rings (SSSR count). The van der Waals surface area contributed by atoms with Crippen molar-refractivity contribution in [3.63, 3.8) is 0 Å². The molecule has 0 saturated carbocycles. The molecule has 0 amide bonds. The summed E-state index contributed by atoms with van der Waals surface area (Å²) >= 11 is 7.64. The van der Waals surface area contributed by atoms with Crippen LogP contribution in [0.15, 0.2) is 12.1 Å². The van der Waals surface area contributed by atoms with Gasteiger partial charge >= 0.3 is 0 Å². The molecule has 3 nitrogen and oxygen atoms in total. The summed E-state index contributed by atoms with van der Waals surface area (Å²) in [6, 6.07) is 4.10. The number of nitrogens with zero attached hydrogens (tertiary/aromatic N) is 2. The van der Waals surface area contributed by atoms with Crippen molar-refractivity contribution in [2.75, 3.05) is 33.2 Å². The third-order valence-corrected chi connectivity index (χ3v) is 5.07. The van der Waals surface area contributed by atoms with E-state index in [4.69, 9.17) is 11.6 Å². The number of likely N-dealkylation sites (tertiary alicyclic amines) is 1. The molecule has 114 valence electrons. The molecule has 0 spiro atoms. The molecule has 0 radical (unpaired) electrons. The summed E-state index contributed by atoms with van der Waals surface area (Å²) in [5.41, 5.74) is 0. The van der Waals surface area contributed by atoms with Crippen LogP contribution in [0, 0.1) is 5.92 Å². The zero-order valence-electron chi connectivity index (χ0n) is 12.4. The lowest BCUT2D eigenvalue weighted by atomic mass is 9.96. The van der Waals surface area contributed by atoms with E-state index < -0.39 is 0 Å². The predicted octanol–water partition coefficient (Wildman–Crippen LogP) is 2.93.